The molecule has 0 unspecified atom stereocenters. The molecule has 3 aromatic carbocycles. The molecular formula is C21H21Cl2O3P-2. The summed E-state index contributed by atoms with van der Waals surface area (Å²) in [5.41, 5.74) is 3.12. The van der Waals surface area contributed by atoms with Gasteiger partial charge in [0.25, 0.3) is 0 Å². The van der Waals surface area contributed by atoms with Crippen LogP contribution in [0.15, 0.2) is 72.8 Å². The maximum absolute atomic E-state index is 6.08. The molecule has 0 aliphatic rings. The van der Waals surface area contributed by atoms with Crippen molar-refractivity contribution >= 4 is 8.60 Å². The lowest BCUT2D eigenvalue weighted by Gasteiger charge is -2.20. The summed E-state index contributed by atoms with van der Waals surface area (Å²) >= 11 is 0. The summed E-state index contributed by atoms with van der Waals surface area (Å²) in [7, 11) is -1.64. The lowest BCUT2D eigenvalue weighted by molar-refractivity contribution is -0.001000. The zero-order valence-corrected chi connectivity index (χ0v) is 17.8. The predicted molar refractivity (Wildman–Crippen MR) is 102 cm³/mol. The Morgan fingerprint density at radius 3 is 1.00 bits per heavy atom. The number of halogens is 2. The van der Waals surface area contributed by atoms with Crippen LogP contribution in [0.3, 0.4) is 0 Å². The minimum absolute atomic E-state index is 0. The zero-order valence-electron chi connectivity index (χ0n) is 15.4. The van der Waals surface area contributed by atoms with Crippen LogP contribution in [0.5, 0.6) is 17.2 Å². The van der Waals surface area contributed by atoms with Crippen molar-refractivity contribution in [3.8, 4) is 17.2 Å². The Hall–Kier alpha value is -1.93. The highest BCUT2D eigenvalue weighted by molar-refractivity contribution is 7.43. The monoisotopic (exact) mass is 422 g/mol. The average Bonchev–Trinajstić information content (AvgIpc) is 2.61. The van der Waals surface area contributed by atoms with Crippen LogP contribution in [0.25, 0.3) is 0 Å². The van der Waals surface area contributed by atoms with E-state index in [-0.39, 0.29) is 24.8 Å². The molecular weight excluding hydrogens is 402 g/mol. The van der Waals surface area contributed by atoms with Gasteiger partial charge in [-0.1, -0.05) is 54.6 Å². The fraction of sp³-hybridized carbons (Fsp3) is 0.143. The molecule has 0 amide bonds. The van der Waals surface area contributed by atoms with Gasteiger partial charge >= 0.3 is 8.60 Å². The zero-order chi connectivity index (χ0) is 17.6. The van der Waals surface area contributed by atoms with Crippen molar-refractivity contribution in [2.75, 3.05) is 0 Å². The van der Waals surface area contributed by atoms with Crippen LogP contribution in [0.4, 0.5) is 0 Å². The second-order valence-electron chi connectivity index (χ2n) is 5.79. The van der Waals surface area contributed by atoms with E-state index in [1.54, 1.807) is 0 Å². The highest BCUT2D eigenvalue weighted by Crippen LogP contribution is 2.44. The molecule has 0 aliphatic carbocycles. The molecule has 0 aromatic heterocycles. The normalized spacial score (nSPS) is 9.78. The molecule has 144 valence electrons. The van der Waals surface area contributed by atoms with Crippen LogP contribution in [0.2, 0.25) is 0 Å². The fourth-order valence-electron chi connectivity index (χ4n) is 2.27. The Balaban J connectivity index is 0.00000182. The Bertz CT molecular complexity index is 745. The molecule has 0 saturated heterocycles. The summed E-state index contributed by atoms with van der Waals surface area (Å²) in [5, 5.41) is 0. The topological polar surface area (TPSA) is 27.7 Å². The molecule has 0 aliphatic heterocycles. The summed E-state index contributed by atoms with van der Waals surface area (Å²) in [6.07, 6.45) is 0. The Labute approximate surface area is 174 Å². The molecule has 3 nitrogen and oxygen atoms in total. The van der Waals surface area contributed by atoms with E-state index in [1.165, 1.54) is 0 Å². The van der Waals surface area contributed by atoms with E-state index < -0.39 is 8.60 Å². The van der Waals surface area contributed by atoms with Gasteiger partial charge in [-0.05, 0) is 55.7 Å². The van der Waals surface area contributed by atoms with Crippen LogP contribution < -0.4 is 38.4 Å². The van der Waals surface area contributed by atoms with Gasteiger partial charge in [-0.15, -0.1) is 0 Å². The van der Waals surface area contributed by atoms with Crippen molar-refractivity contribution in [2.24, 2.45) is 0 Å². The van der Waals surface area contributed by atoms with E-state index in [1.807, 2.05) is 93.6 Å². The van der Waals surface area contributed by atoms with Gasteiger partial charge < -0.3 is 38.4 Å². The molecule has 0 heterocycles. The first-order valence-corrected chi connectivity index (χ1v) is 9.24. The van der Waals surface area contributed by atoms with E-state index in [0.29, 0.717) is 0 Å². The van der Waals surface area contributed by atoms with Gasteiger partial charge in [0.1, 0.15) is 17.2 Å². The largest absolute Gasteiger partial charge is 1.00 e. The van der Waals surface area contributed by atoms with Crippen LogP contribution in [-0.2, 0) is 0 Å². The molecule has 0 atom stereocenters. The smallest absolute Gasteiger partial charge is 0.530 e. The Kier molecular flexibility index (Phi) is 9.45. The fourth-order valence-corrected chi connectivity index (χ4v) is 3.48. The molecule has 0 saturated carbocycles. The summed E-state index contributed by atoms with van der Waals surface area (Å²) in [4.78, 5) is 0. The first-order valence-electron chi connectivity index (χ1n) is 8.14. The van der Waals surface area contributed by atoms with E-state index in [9.17, 15) is 0 Å². The second kappa shape index (κ2) is 11.0. The molecule has 0 fully saturated rings. The van der Waals surface area contributed by atoms with Gasteiger partial charge in [0.15, 0.2) is 0 Å². The molecule has 0 N–H and O–H groups in total. The van der Waals surface area contributed by atoms with E-state index in [0.717, 1.165) is 33.9 Å². The van der Waals surface area contributed by atoms with E-state index >= 15 is 0 Å². The lowest BCUT2D eigenvalue weighted by atomic mass is 10.2. The first-order chi connectivity index (χ1) is 12.1. The van der Waals surface area contributed by atoms with Crippen molar-refractivity contribution < 1.29 is 38.4 Å². The number of hydrogen-bond acceptors (Lipinski definition) is 3. The SMILES string of the molecule is Cc1ccccc1OP(Oc1ccccc1C)Oc1ccccc1C.[Cl-].[Cl-]. The van der Waals surface area contributed by atoms with E-state index in [2.05, 4.69) is 0 Å². The maximum atomic E-state index is 6.08. The third-order valence-corrected chi connectivity index (χ3v) is 4.84. The van der Waals surface area contributed by atoms with Crippen LogP contribution in [-0.4, -0.2) is 0 Å². The molecule has 27 heavy (non-hydrogen) atoms. The quantitative estimate of drug-likeness (QED) is 0.537. The summed E-state index contributed by atoms with van der Waals surface area (Å²) < 4.78 is 18.3. The predicted octanol–water partition coefficient (Wildman–Crippen LogP) is 0.384. The molecule has 0 spiro atoms. The third-order valence-electron chi connectivity index (χ3n) is 3.80. The second-order valence-corrected chi connectivity index (χ2v) is 6.79. The summed E-state index contributed by atoms with van der Waals surface area (Å²) in [5.74, 6) is 2.28. The first kappa shape index (κ1) is 23.1. The summed E-state index contributed by atoms with van der Waals surface area (Å²) in [6.45, 7) is 6.01. The lowest BCUT2D eigenvalue weighted by Crippen LogP contribution is -3.00. The van der Waals surface area contributed by atoms with Crippen molar-refractivity contribution in [1.82, 2.24) is 0 Å². The third kappa shape index (κ3) is 6.32. The minimum Gasteiger partial charge on any atom is -1.00 e. The highest BCUT2D eigenvalue weighted by Gasteiger charge is 2.22. The molecule has 0 bridgehead atoms. The average molecular weight is 423 g/mol. The van der Waals surface area contributed by atoms with Crippen molar-refractivity contribution in [1.29, 1.82) is 0 Å². The minimum atomic E-state index is -1.64. The molecule has 3 aromatic rings. The molecule has 3 rings (SSSR count). The van der Waals surface area contributed by atoms with Gasteiger partial charge in [-0.2, -0.15) is 0 Å². The number of aryl methyl sites for hydroxylation is 3. The summed E-state index contributed by atoms with van der Waals surface area (Å²) in [6, 6.07) is 23.6. The van der Waals surface area contributed by atoms with Gasteiger partial charge in [-0.25, -0.2) is 0 Å². The van der Waals surface area contributed by atoms with Gasteiger partial charge in [-0.3, -0.25) is 0 Å². The molecule has 0 radical (unpaired) electrons. The van der Waals surface area contributed by atoms with Crippen LogP contribution >= 0.6 is 8.60 Å². The number of rotatable bonds is 6. The van der Waals surface area contributed by atoms with Gasteiger partial charge in [0.2, 0.25) is 0 Å². The number of hydrogen-bond donors (Lipinski definition) is 0. The van der Waals surface area contributed by atoms with Crippen LogP contribution in [0, 0.1) is 20.8 Å². The Morgan fingerprint density at radius 1 is 0.481 bits per heavy atom. The maximum Gasteiger partial charge on any atom is 0.530 e. The van der Waals surface area contributed by atoms with Crippen molar-refractivity contribution in [3.05, 3.63) is 89.5 Å². The Morgan fingerprint density at radius 2 is 0.741 bits per heavy atom. The molecule has 6 heteroatoms. The van der Waals surface area contributed by atoms with E-state index in [4.69, 9.17) is 13.6 Å². The van der Waals surface area contributed by atoms with Crippen LogP contribution in [0.1, 0.15) is 16.7 Å². The van der Waals surface area contributed by atoms with Gasteiger partial charge in [0.05, 0.1) is 0 Å². The highest BCUT2D eigenvalue weighted by atomic mass is 35.5. The standard InChI is InChI=1S/C21H21O3P.2ClH/c1-16-10-4-7-13-19(16)22-25(23-20-14-8-5-11-17(20)2)24-21-15-9-6-12-18(21)3;;/h4-15H,1-3H3;2*1H/p-2. The van der Waals surface area contributed by atoms with Crippen molar-refractivity contribution in [3.63, 3.8) is 0 Å². The number of benzene rings is 3. The van der Waals surface area contributed by atoms with Crippen molar-refractivity contribution in [2.45, 2.75) is 20.8 Å². The number of para-hydroxylation sites is 3. The van der Waals surface area contributed by atoms with Gasteiger partial charge in [0, 0.05) is 0 Å².